The molecule has 1 atom stereocenters. The lowest BCUT2D eigenvalue weighted by Crippen LogP contribution is -2.45. The van der Waals surface area contributed by atoms with Gasteiger partial charge in [0.2, 0.25) is 5.91 Å². The second-order valence-electron chi connectivity index (χ2n) is 3.85. The van der Waals surface area contributed by atoms with E-state index < -0.39 is 12.0 Å². The molecule has 0 unspecified atom stereocenters. The lowest BCUT2D eigenvalue weighted by atomic mass is 10.2. The fourth-order valence-corrected chi connectivity index (χ4v) is 1.49. The number of esters is 1. The van der Waals surface area contributed by atoms with E-state index in [9.17, 15) is 9.59 Å². The summed E-state index contributed by atoms with van der Waals surface area (Å²) < 4.78 is 4.85. The molecule has 0 aromatic heterocycles. The second-order valence-corrected chi connectivity index (χ2v) is 3.85. The summed E-state index contributed by atoms with van der Waals surface area (Å²) in [5.74, 6) is -0.760. The molecule has 18 heavy (non-hydrogen) atoms. The van der Waals surface area contributed by atoms with Gasteiger partial charge in [0, 0.05) is 5.69 Å². The minimum atomic E-state index is -0.667. The summed E-state index contributed by atoms with van der Waals surface area (Å²) in [6.07, 6.45) is 0. The van der Waals surface area contributed by atoms with Crippen LogP contribution in [-0.4, -0.2) is 31.1 Å². The molecular weight excluding hydrogens is 232 g/mol. The summed E-state index contributed by atoms with van der Waals surface area (Å²) in [5, 5.41) is 0. The second kappa shape index (κ2) is 6.76. The molecule has 0 heterocycles. The molecule has 1 rings (SSSR count). The Morgan fingerprint density at radius 1 is 1.33 bits per heavy atom. The van der Waals surface area contributed by atoms with Crippen molar-refractivity contribution in [1.29, 1.82) is 0 Å². The van der Waals surface area contributed by atoms with E-state index in [0.717, 1.165) is 0 Å². The number of carbonyl (C=O) groups excluding carboxylic acids is 2. The number of nitrogens with zero attached hydrogens (tertiary/aromatic N) is 1. The van der Waals surface area contributed by atoms with Crippen LogP contribution in [0.5, 0.6) is 0 Å². The van der Waals surface area contributed by atoms with Gasteiger partial charge in [-0.05, 0) is 26.0 Å². The summed E-state index contributed by atoms with van der Waals surface area (Å²) >= 11 is 0. The van der Waals surface area contributed by atoms with E-state index in [0.29, 0.717) is 5.69 Å². The van der Waals surface area contributed by atoms with Gasteiger partial charge in [0.25, 0.3) is 0 Å². The Morgan fingerprint density at radius 2 is 1.94 bits per heavy atom. The van der Waals surface area contributed by atoms with Crippen LogP contribution in [0.3, 0.4) is 0 Å². The van der Waals surface area contributed by atoms with E-state index in [2.05, 4.69) is 0 Å². The smallest absolute Gasteiger partial charge is 0.326 e. The van der Waals surface area contributed by atoms with Gasteiger partial charge in [0.05, 0.1) is 12.6 Å². The third kappa shape index (κ3) is 3.85. The predicted octanol–water partition coefficient (Wildman–Crippen LogP) is 0.930. The van der Waals surface area contributed by atoms with Gasteiger partial charge in [0.15, 0.2) is 0 Å². The molecule has 5 nitrogen and oxygen atoms in total. The summed E-state index contributed by atoms with van der Waals surface area (Å²) in [6.45, 7) is 3.47. The zero-order valence-electron chi connectivity index (χ0n) is 10.6. The molecule has 0 aliphatic heterocycles. The van der Waals surface area contributed by atoms with Crippen molar-refractivity contribution in [2.45, 2.75) is 19.9 Å². The molecule has 1 aromatic rings. The largest absolute Gasteiger partial charge is 0.465 e. The molecule has 0 saturated carbocycles. The van der Waals surface area contributed by atoms with Crippen LogP contribution in [0, 0.1) is 0 Å². The molecule has 1 aromatic carbocycles. The molecule has 2 N–H and O–H groups in total. The molecule has 0 spiro atoms. The highest BCUT2D eigenvalue weighted by molar-refractivity contribution is 6.00. The van der Waals surface area contributed by atoms with Crippen molar-refractivity contribution in [3.8, 4) is 0 Å². The highest BCUT2D eigenvalue weighted by Crippen LogP contribution is 2.14. The molecule has 0 saturated heterocycles. The van der Waals surface area contributed by atoms with Gasteiger partial charge in [-0.2, -0.15) is 0 Å². The Bertz CT molecular complexity index is 404. The van der Waals surface area contributed by atoms with Gasteiger partial charge >= 0.3 is 5.97 Å². The van der Waals surface area contributed by atoms with Gasteiger partial charge in [0.1, 0.15) is 6.54 Å². The quantitative estimate of drug-likeness (QED) is 0.789. The third-order valence-electron chi connectivity index (χ3n) is 2.32. The normalized spacial score (nSPS) is 11.7. The van der Waals surface area contributed by atoms with E-state index in [1.165, 1.54) is 4.90 Å². The molecule has 0 fully saturated rings. The first-order valence-corrected chi connectivity index (χ1v) is 5.84. The summed E-state index contributed by atoms with van der Waals surface area (Å²) in [6, 6.07) is 8.25. The van der Waals surface area contributed by atoms with E-state index in [1.807, 2.05) is 6.07 Å². The third-order valence-corrected chi connectivity index (χ3v) is 2.32. The molecule has 0 radical (unpaired) electrons. The van der Waals surface area contributed by atoms with Gasteiger partial charge in [-0.3, -0.25) is 14.5 Å². The number of hydrogen-bond donors (Lipinski definition) is 1. The maximum absolute atomic E-state index is 12.0. The SMILES string of the molecule is CCOC(=O)CN(C(=O)[C@H](C)N)c1ccccc1. The van der Waals surface area contributed by atoms with Gasteiger partial charge in [-0.15, -0.1) is 0 Å². The van der Waals surface area contributed by atoms with Crippen LogP contribution in [-0.2, 0) is 14.3 Å². The number of amides is 1. The van der Waals surface area contributed by atoms with Gasteiger partial charge in [-0.1, -0.05) is 18.2 Å². The Labute approximate surface area is 107 Å². The van der Waals surface area contributed by atoms with Crippen LogP contribution in [0.15, 0.2) is 30.3 Å². The summed E-state index contributed by atoms with van der Waals surface area (Å²) in [7, 11) is 0. The Morgan fingerprint density at radius 3 is 2.44 bits per heavy atom. The average Bonchev–Trinajstić information content (AvgIpc) is 2.36. The lowest BCUT2D eigenvalue weighted by molar-refractivity contribution is -0.142. The van der Waals surface area contributed by atoms with Gasteiger partial charge in [-0.25, -0.2) is 0 Å². The van der Waals surface area contributed by atoms with E-state index in [4.69, 9.17) is 10.5 Å². The molecule has 1 amide bonds. The van der Waals surface area contributed by atoms with Crippen LogP contribution >= 0.6 is 0 Å². The molecule has 0 aliphatic rings. The van der Waals surface area contributed by atoms with Crippen molar-refractivity contribution in [1.82, 2.24) is 0 Å². The lowest BCUT2D eigenvalue weighted by Gasteiger charge is -2.23. The standard InChI is InChI=1S/C13H18N2O3/c1-3-18-12(16)9-15(13(17)10(2)14)11-7-5-4-6-8-11/h4-8,10H,3,9,14H2,1-2H3/t10-/m0/s1. The van der Waals surface area contributed by atoms with Crippen LogP contribution in [0.25, 0.3) is 0 Å². The minimum absolute atomic E-state index is 0.127. The van der Waals surface area contributed by atoms with Crippen molar-refractivity contribution < 1.29 is 14.3 Å². The van der Waals surface area contributed by atoms with Gasteiger partial charge < -0.3 is 10.5 Å². The van der Waals surface area contributed by atoms with Crippen LogP contribution in [0.2, 0.25) is 0 Å². The number of anilines is 1. The highest BCUT2D eigenvalue weighted by atomic mass is 16.5. The molecule has 0 aliphatic carbocycles. The Balaban J connectivity index is 2.89. The minimum Gasteiger partial charge on any atom is -0.465 e. The van der Waals surface area contributed by atoms with E-state index >= 15 is 0 Å². The monoisotopic (exact) mass is 250 g/mol. The van der Waals surface area contributed by atoms with Crippen molar-refractivity contribution in [3.05, 3.63) is 30.3 Å². The Kier molecular flexibility index (Phi) is 5.32. The van der Waals surface area contributed by atoms with E-state index in [1.54, 1.807) is 38.1 Å². The molecule has 0 bridgehead atoms. The van der Waals surface area contributed by atoms with Crippen molar-refractivity contribution >= 4 is 17.6 Å². The number of benzene rings is 1. The first kappa shape index (κ1) is 14.2. The van der Waals surface area contributed by atoms with Crippen molar-refractivity contribution in [3.63, 3.8) is 0 Å². The number of ether oxygens (including phenoxy) is 1. The number of para-hydroxylation sites is 1. The predicted molar refractivity (Wildman–Crippen MR) is 69.1 cm³/mol. The van der Waals surface area contributed by atoms with Crippen molar-refractivity contribution in [2.75, 3.05) is 18.1 Å². The van der Waals surface area contributed by atoms with Crippen LogP contribution in [0.1, 0.15) is 13.8 Å². The summed E-state index contributed by atoms with van der Waals surface area (Å²) in [5.41, 5.74) is 6.21. The molecule has 5 heteroatoms. The first-order chi connectivity index (χ1) is 8.56. The number of nitrogens with two attached hydrogens (primary N) is 1. The Hall–Kier alpha value is -1.88. The van der Waals surface area contributed by atoms with Crippen LogP contribution in [0.4, 0.5) is 5.69 Å². The maximum atomic E-state index is 12.0. The number of hydrogen-bond acceptors (Lipinski definition) is 4. The number of rotatable bonds is 5. The first-order valence-electron chi connectivity index (χ1n) is 5.84. The maximum Gasteiger partial charge on any atom is 0.326 e. The highest BCUT2D eigenvalue weighted by Gasteiger charge is 2.22. The fourth-order valence-electron chi connectivity index (χ4n) is 1.49. The van der Waals surface area contributed by atoms with Crippen LogP contribution < -0.4 is 10.6 Å². The molecular formula is C13H18N2O3. The zero-order valence-corrected chi connectivity index (χ0v) is 10.6. The summed E-state index contributed by atoms with van der Waals surface area (Å²) in [4.78, 5) is 24.8. The topological polar surface area (TPSA) is 72.6 Å². The van der Waals surface area contributed by atoms with Crippen molar-refractivity contribution in [2.24, 2.45) is 5.73 Å². The average molecular weight is 250 g/mol. The zero-order chi connectivity index (χ0) is 13.5. The molecule has 98 valence electrons. The van der Waals surface area contributed by atoms with E-state index in [-0.39, 0.29) is 19.1 Å². The number of carbonyl (C=O) groups is 2. The fraction of sp³-hybridized carbons (Fsp3) is 0.385.